The zero-order chi connectivity index (χ0) is 28.5. The standard InChI is InChI=1S/C33H21BrClFN2O3/c34-21-10-5-19(6-11-21)31(40)29-28(30(39)18-7-13-23(36)14-8-18)33(24-3-1-2-4-25(24)37-32(33)41)27-16-9-20-17-22(35)12-15-26(20)38(27)29/h1-17,27-29H,(H,37,41)/t27?,28-,29+,33+/m0/s1. The second-order valence-electron chi connectivity index (χ2n) is 10.4. The fourth-order valence-electron chi connectivity index (χ4n) is 6.73. The summed E-state index contributed by atoms with van der Waals surface area (Å²) in [5.74, 6) is -2.69. The molecule has 3 heterocycles. The van der Waals surface area contributed by atoms with Crippen molar-refractivity contribution in [2.24, 2.45) is 5.92 Å². The third-order valence-electron chi connectivity index (χ3n) is 8.40. The van der Waals surface area contributed by atoms with Gasteiger partial charge < -0.3 is 10.2 Å². The zero-order valence-corrected chi connectivity index (χ0v) is 23.7. The molecule has 1 spiro atoms. The first-order valence-electron chi connectivity index (χ1n) is 13.1. The van der Waals surface area contributed by atoms with Crippen molar-refractivity contribution < 1.29 is 18.8 Å². The van der Waals surface area contributed by atoms with Crippen LogP contribution in [0.15, 0.2) is 102 Å². The Morgan fingerprint density at radius 3 is 2.34 bits per heavy atom. The fraction of sp³-hybridized carbons (Fsp3) is 0.121. The van der Waals surface area contributed by atoms with Crippen LogP contribution in [0.5, 0.6) is 0 Å². The van der Waals surface area contributed by atoms with Gasteiger partial charge in [0.05, 0.1) is 12.0 Å². The quantitative estimate of drug-likeness (QED) is 0.245. The normalized spacial score (nSPS) is 23.6. The van der Waals surface area contributed by atoms with Gasteiger partial charge in [0.1, 0.15) is 17.3 Å². The molecule has 0 bridgehead atoms. The molecule has 0 aliphatic carbocycles. The monoisotopic (exact) mass is 626 g/mol. The molecule has 7 rings (SSSR count). The number of benzene rings is 4. The number of halogens is 3. The van der Waals surface area contributed by atoms with E-state index >= 15 is 0 Å². The summed E-state index contributed by atoms with van der Waals surface area (Å²) < 4.78 is 14.7. The second-order valence-corrected chi connectivity index (χ2v) is 11.8. The summed E-state index contributed by atoms with van der Waals surface area (Å²) in [6.45, 7) is 0. The molecule has 4 atom stereocenters. The molecule has 0 radical (unpaired) electrons. The maximum atomic E-state index is 14.7. The van der Waals surface area contributed by atoms with Crippen molar-refractivity contribution in [1.82, 2.24) is 0 Å². The smallest absolute Gasteiger partial charge is 0.238 e. The van der Waals surface area contributed by atoms with Crippen LogP contribution < -0.4 is 10.2 Å². The number of hydrogen-bond acceptors (Lipinski definition) is 4. The second kappa shape index (κ2) is 9.50. The van der Waals surface area contributed by atoms with Crippen LogP contribution in [-0.4, -0.2) is 29.6 Å². The SMILES string of the molecule is O=C(c1ccc(F)cc1)[C@@H]1[C@H](C(=O)c2ccc(Br)cc2)N2c3ccc(Cl)cc3C=CC2[C@@]12C(=O)Nc1ccccc12. The lowest BCUT2D eigenvalue weighted by Crippen LogP contribution is -2.51. The van der Waals surface area contributed by atoms with Crippen LogP contribution in [0.4, 0.5) is 15.8 Å². The molecule has 41 heavy (non-hydrogen) atoms. The number of carbonyl (C=O) groups excluding carboxylic acids is 3. The molecule has 1 N–H and O–H groups in total. The molecule has 0 aromatic heterocycles. The van der Waals surface area contributed by atoms with Gasteiger partial charge in [-0.2, -0.15) is 0 Å². The number of nitrogens with one attached hydrogen (secondary N) is 1. The highest BCUT2D eigenvalue weighted by Crippen LogP contribution is 2.58. The highest BCUT2D eigenvalue weighted by atomic mass is 79.9. The minimum absolute atomic E-state index is 0.224. The Morgan fingerprint density at radius 2 is 1.59 bits per heavy atom. The molecule has 1 unspecified atom stereocenters. The van der Waals surface area contributed by atoms with Crippen molar-refractivity contribution in [1.29, 1.82) is 0 Å². The van der Waals surface area contributed by atoms with Gasteiger partial charge >= 0.3 is 0 Å². The number of Topliss-reactive ketones (excluding diaryl/α,β-unsaturated/α-hetero) is 2. The summed E-state index contributed by atoms with van der Waals surface area (Å²) in [5.41, 5.74) is 1.91. The predicted octanol–water partition coefficient (Wildman–Crippen LogP) is 7.10. The van der Waals surface area contributed by atoms with Crippen LogP contribution in [0, 0.1) is 11.7 Å². The molecule has 3 aliphatic heterocycles. The molecule has 1 fully saturated rings. The van der Waals surface area contributed by atoms with Gasteiger partial charge in [-0.15, -0.1) is 0 Å². The summed E-state index contributed by atoms with van der Waals surface area (Å²) in [4.78, 5) is 45.5. The van der Waals surface area contributed by atoms with Gasteiger partial charge in [0.25, 0.3) is 0 Å². The summed E-state index contributed by atoms with van der Waals surface area (Å²) in [7, 11) is 0. The summed E-state index contributed by atoms with van der Waals surface area (Å²) >= 11 is 9.77. The van der Waals surface area contributed by atoms with Crippen molar-refractivity contribution in [3.05, 3.63) is 135 Å². The van der Waals surface area contributed by atoms with Gasteiger partial charge in [-0.25, -0.2) is 4.39 Å². The van der Waals surface area contributed by atoms with Gasteiger partial charge in [-0.1, -0.05) is 70.0 Å². The number of nitrogens with zero attached hydrogens (tertiary/aromatic N) is 1. The van der Waals surface area contributed by atoms with Gasteiger partial charge in [-0.3, -0.25) is 14.4 Å². The number of carbonyl (C=O) groups is 3. The Balaban J connectivity index is 1.53. The average Bonchev–Trinajstić information content (AvgIpc) is 3.45. The van der Waals surface area contributed by atoms with E-state index in [0.717, 1.165) is 10.0 Å². The van der Waals surface area contributed by atoms with Crippen LogP contribution in [0.3, 0.4) is 0 Å². The largest absolute Gasteiger partial charge is 0.352 e. The molecular formula is C33H21BrClFN2O3. The van der Waals surface area contributed by atoms with E-state index in [-0.39, 0.29) is 17.3 Å². The van der Waals surface area contributed by atoms with Crippen LogP contribution in [-0.2, 0) is 10.2 Å². The third kappa shape index (κ3) is 3.76. The number of hydrogen-bond donors (Lipinski definition) is 1. The van der Waals surface area contributed by atoms with E-state index in [0.29, 0.717) is 27.5 Å². The minimum atomic E-state index is -1.44. The molecule has 4 aromatic carbocycles. The summed E-state index contributed by atoms with van der Waals surface area (Å²) in [6, 6.07) is 23.1. The Kier molecular flexibility index (Phi) is 5.99. The Labute approximate surface area is 248 Å². The third-order valence-corrected chi connectivity index (χ3v) is 9.17. The molecule has 8 heteroatoms. The molecular weight excluding hydrogens is 607 g/mol. The highest BCUT2D eigenvalue weighted by Gasteiger charge is 2.70. The number of fused-ring (bicyclic) bond motifs is 6. The first kappa shape index (κ1) is 25.9. The van der Waals surface area contributed by atoms with Crippen LogP contribution in [0.1, 0.15) is 31.8 Å². The first-order chi connectivity index (χ1) is 19.8. The highest BCUT2D eigenvalue weighted by molar-refractivity contribution is 9.10. The maximum Gasteiger partial charge on any atom is 0.238 e. The lowest BCUT2D eigenvalue weighted by Gasteiger charge is -2.37. The number of rotatable bonds is 4. The lowest BCUT2D eigenvalue weighted by atomic mass is 9.64. The maximum absolute atomic E-state index is 14.7. The molecule has 5 nitrogen and oxygen atoms in total. The number of amides is 1. The van der Waals surface area contributed by atoms with Crippen LogP contribution in [0.2, 0.25) is 5.02 Å². The fourth-order valence-corrected chi connectivity index (χ4v) is 7.17. The molecule has 0 saturated carbocycles. The predicted molar refractivity (Wildman–Crippen MR) is 160 cm³/mol. The van der Waals surface area contributed by atoms with Crippen molar-refractivity contribution in [3.8, 4) is 0 Å². The molecule has 1 saturated heterocycles. The van der Waals surface area contributed by atoms with Crippen molar-refractivity contribution in [2.45, 2.75) is 17.5 Å². The molecule has 202 valence electrons. The zero-order valence-electron chi connectivity index (χ0n) is 21.4. The van der Waals surface area contributed by atoms with Crippen LogP contribution in [0.25, 0.3) is 6.08 Å². The number of anilines is 2. The molecule has 1 amide bonds. The Hall–Kier alpha value is -4.07. The minimum Gasteiger partial charge on any atom is -0.352 e. The molecule has 3 aliphatic rings. The van der Waals surface area contributed by atoms with Crippen LogP contribution >= 0.6 is 27.5 Å². The Bertz CT molecular complexity index is 1790. The number of ketones is 2. The van der Waals surface area contributed by atoms with Crippen molar-refractivity contribution >= 4 is 62.5 Å². The topological polar surface area (TPSA) is 66.5 Å². The Morgan fingerprint density at radius 1 is 0.902 bits per heavy atom. The van der Waals surface area contributed by atoms with E-state index in [1.165, 1.54) is 24.3 Å². The summed E-state index contributed by atoms with van der Waals surface area (Å²) in [6.07, 6.45) is 3.78. The van der Waals surface area contributed by atoms with Gasteiger partial charge in [0.15, 0.2) is 11.6 Å². The van der Waals surface area contributed by atoms with E-state index in [2.05, 4.69) is 21.2 Å². The first-order valence-corrected chi connectivity index (χ1v) is 14.2. The van der Waals surface area contributed by atoms with Gasteiger partial charge in [0, 0.05) is 32.0 Å². The van der Waals surface area contributed by atoms with Gasteiger partial charge in [0.2, 0.25) is 5.91 Å². The number of para-hydroxylation sites is 1. The van der Waals surface area contributed by atoms with E-state index in [4.69, 9.17) is 11.6 Å². The lowest BCUT2D eigenvalue weighted by molar-refractivity contribution is -0.121. The average molecular weight is 628 g/mol. The van der Waals surface area contributed by atoms with E-state index < -0.39 is 35.0 Å². The van der Waals surface area contributed by atoms with Crippen molar-refractivity contribution in [3.63, 3.8) is 0 Å². The van der Waals surface area contributed by atoms with E-state index in [1.54, 1.807) is 42.5 Å². The van der Waals surface area contributed by atoms with Gasteiger partial charge in [-0.05, 0) is 71.8 Å². The van der Waals surface area contributed by atoms with E-state index in [1.807, 2.05) is 41.3 Å². The van der Waals surface area contributed by atoms with Crippen molar-refractivity contribution in [2.75, 3.05) is 10.2 Å². The molecule has 4 aromatic rings. The van der Waals surface area contributed by atoms with E-state index in [9.17, 15) is 18.8 Å². The summed E-state index contributed by atoms with van der Waals surface area (Å²) in [5, 5.41) is 3.53.